The van der Waals surface area contributed by atoms with Crippen LogP contribution in [0.2, 0.25) is 10.0 Å². The Morgan fingerprint density at radius 3 is 2.44 bits per heavy atom. The summed E-state index contributed by atoms with van der Waals surface area (Å²) in [5.41, 5.74) is 2.04. The predicted molar refractivity (Wildman–Crippen MR) is 133 cm³/mol. The lowest BCUT2D eigenvalue weighted by atomic mass is 10.1. The second-order valence-corrected chi connectivity index (χ2v) is 9.24. The van der Waals surface area contributed by atoms with Gasteiger partial charge in [0.25, 0.3) is 0 Å². The summed E-state index contributed by atoms with van der Waals surface area (Å²) in [6.45, 7) is 5.56. The lowest BCUT2D eigenvalue weighted by molar-refractivity contribution is -0.130. The molecule has 0 aliphatic rings. The Hall–Kier alpha value is -2.02. The van der Waals surface area contributed by atoms with Crippen LogP contribution in [0.4, 0.5) is 0 Å². The molecule has 3 rings (SSSR count). The first kappa shape index (κ1) is 24.6. The van der Waals surface area contributed by atoms with Gasteiger partial charge in [-0.15, -0.1) is 10.2 Å². The summed E-state index contributed by atoms with van der Waals surface area (Å²) in [5.74, 6) is 1.92. The summed E-state index contributed by atoms with van der Waals surface area (Å²) in [7, 11) is 0. The fraction of sp³-hybridized carbons (Fsp3) is 0.375. The number of benzene rings is 2. The molecule has 0 atom stereocenters. The normalized spacial score (nSPS) is 11.0. The van der Waals surface area contributed by atoms with Crippen molar-refractivity contribution in [2.24, 2.45) is 0 Å². The molecule has 0 bridgehead atoms. The number of amides is 1. The first-order valence-corrected chi connectivity index (χ1v) is 12.6. The zero-order valence-electron chi connectivity index (χ0n) is 18.4. The molecule has 170 valence electrons. The zero-order chi connectivity index (χ0) is 22.9. The summed E-state index contributed by atoms with van der Waals surface area (Å²) in [6, 6.07) is 15.8. The monoisotopic (exact) mass is 490 g/mol. The summed E-state index contributed by atoms with van der Waals surface area (Å²) in [6.07, 6.45) is 3.04. The SMILES string of the molecule is CCN(CC)C(=O)CCCCSc1nnc(Cc2ccccc2)n1-c1ccc(Cl)c(Cl)c1. The summed E-state index contributed by atoms with van der Waals surface area (Å²) in [5, 5.41) is 10.7. The van der Waals surface area contributed by atoms with Crippen LogP contribution in [0.5, 0.6) is 0 Å². The Balaban J connectivity index is 1.71. The van der Waals surface area contributed by atoms with Crippen molar-refractivity contribution in [1.82, 2.24) is 19.7 Å². The van der Waals surface area contributed by atoms with E-state index in [4.69, 9.17) is 23.2 Å². The standard InChI is InChI=1S/C24H28Cl2N4OS/c1-3-29(4-2)23(31)12-8-9-15-32-24-28-27-22(16-18-10-6-5-7-11-18)30(24)19-13-14-20(25)21(26)17-19/h5-7,10-11,13-14,17H,3-4,8-9,12,15-16H2,1-2H3. The van der Waals surface area contributed by atoms with E-state index in [1.54, 1.807) is 17.8 Å². The molecule has 0 aliphatic heterocycles. The number of rotatable bonds is 11. The molecule has 32 heavy (non-hydrogen) atoms. The Morgan fingerprint density at radius 1 is 1.00 bits per heavy atom. The van der Waals surface area contributed by atoms with E-state index in [0.29, 0.717) is 22.9 Å². The van der Waals surface area contributed by atoms with Crippen LogP contribution in [0, 0.1) is 0 Å². The molecule has 0 N–H and O–H groups in total. The number of hydrogen-bond acceptors (Lipinski definition) is 4. The molecule has 5 nitrogen and oxygen atoms in total. The highest BCUT2D eigenvalue weighted by molar-refractivity contribution is 7.99. The van der Waals surface area contributed by atoms with Gasteiger partial charge in [-0.1, -0.05) is 65.3 Å². The molecule has 0 radical (unpaired) electrons. The van der Waals surface area contributed by atoms with Crippen molar-refractivity contribution >= 4 is 40.9 Å². The van der Waals surface area contributed by atoms with Gasteiger partial charge in [0.05, 0.1) is 15.7 Å². The molecule has 0 aliphatic carbocycles. The third kappa shape index (κ3) is 6.50. The minimum atomic E-state index is 0.226. The number of carbonyl (C=O) groups excluding carboxylic acids is 1. The van der Waals surface area contributed by atoms with Crippen molar-refractivity contribution in [3.8, 4) is 5.69 Å². The Bertz CT molecular complexity index is 1020. The van der Waals surface area contributed by atoms with Gasteiger partial charge in [0.15, 0.2) is 5.16 Å². The third-order valence-corrected chi connectivity index (χ3v) is 6.95. The maximum absolute atomic E-state index is 12.2. The quantitative estimate of drug-likeness (QED) is 0.234. The summed E-state index contributed by atoms with van der Waals surface area (Å²) in [4.78, 5) is 14.1. The van der Waals surface area contributed by atoms with Gasteiger partial charge in [-0.25, -0.2) is 0 Å². The Labute approximate surface area is 204 Å². The number of thioether (sulfide) groups is 1. The van der Waals surface area contributed by atoms with E-state index in [2.05, 4.69) is 22.3 Å². The van der Waals surface area contributed by atoms with E-state index in [0.717, 1.165) is 53.9 Å². The minimum absolute atomic E-state index is 0.226. The van der Waals surface area contributed by atoms with Crippen LogP contribution in [0.15, 0.2) is 53.7 Å². The van der Waals surface area contributed by atoms with Gasteiger partial charge in [-0.2, -0.15) is 0 Å². The number of carbonyl (C=O) groups is 1. The zero-order valence-corrected chi connectivity index (χ0v) is 20.8. The van der Waals surface area contributed by atoms with Crippen LogP contribution in [0.1, 0.15) is 44.5 Å². The van der Waals surface area contributed by atoms with Crippen LogP contribution < -0.4 is 0 Å². The maximum atomic E-state index is 12.2. The van der Waals surface area contributed by atoms with Crippen molar-refractivity contribution in [3.05, 3.63) is 70.0 Å². The van der Waals surface area contributed by atoms with Gasteiger partial charge in [-0.05, 0) is 50.5 Å². The van der Waals surface area contributed by atoms with Crippen LogP contribution in [-0.2, 0) is 11.2 Å². The highest BCUT2D eigenvalue weighted by Gasteiger charge is 2.16. The molecular weight excluding hydrogens is 463 g/mol. The average molecular weight is 491 g/mol. The number of nitrogens with zero attached hydrogens (tertiary/aromatic N) is 4. The van der Waals surface area contributed by atoms with E-state index in [1.165, 1.54) is 0 Å². The van der Waals surface area contributed by atoms with Gasteiger partial charge in [0.2, 0.25) is 5.91 Å². The molecular formula is C24H28Cl2N4OS. The highest BCUT2D eigenvalue weighted by Crippen LogP contribution is 2.29. The molecule has 0 saturated carbocycles. The van der Waals surface area contributed by atoms with Crippen LogP contribution in [0.25, 0.3) is 5.69 Å². The highest BCUT2D eigenvalue weighted by atomic mass is 35.5. The first-order valence-electron chi connectivity index (χ1n) is 10.9. The topological polar surface area (TPSA) is 51.0 Å². The minimum Gasteiger partial charge on any atom is -0.343 e. The van der Waals surface area contributed by atoms with Crippen molar-refractivity contribution < 1.29 is 4.79 Å². The summed E-state index contributed by atoms with van der Waals surface area (Å²) < 4.78 is 2.04. The lowest BCUT2D eigenvalue weighted by Gasteiger charge is -2.18. The maximum Gasteiger partial charge on any atom is 0.222 e. The van der Waals surface area contributed by atoms with E-state index < -0.39 is 0 Å². The molecule has 0 fully saturated rings. The largest absolute Gasteiger partial charge is 0.343 e. The molecule has 8 heteroatoms. The van der Waals surface area contributed by atoms with E-state index >= 15 is 0 Å². The van der Waals surface area contributed by atoms with E-state index in [-0.39, 0.29) is 5.91 Å². The molecule has 0 spiro atoms. The van der Waals surface area contributed by atoms with Crippen molar-refractivity contribution in [2.75, 3.05) is 18.8 Å². The Morgan fingerprint density at radius 2 is 1.75 bits per heavy atom. The van der Waals surface area contributed by atoms with Crippen LogP contribution >= 0.6 is 35.0 Å². The van der Waals surface area contributed by atoms with Crippen molar-refractivity contribution in [3.63, 3.8) is 0 Å². The van der Waals surface area contributed by atoms with Gasteiger partial charge in [0.1, 0.15) is 5.82 Å². The lowest BCUT2D eigenvalue weighted by Crippen LogP contribution is -2.30. The van der Waals surface area contributed by atoms with Gasteiger partial charge >= 0.3 is 0 Å². The molecule has 0 saturated heterocycles. The number of hydrogen-bond donors (Lipinski definition) is 0. The number of aromatic nitrogens is 3. The second-order valence-electron chi connectivity index (χ2n) is 7.37. The number of halogens is 2. The van der Waals surface area contributed by atoms with Gasteiger partial charge in [-0.3, -0.25) is 9.36 Å². The predicted octanol–water partition coefficient (Wildman–Crippen LogP) is 6.30. The average Bonchev–Trinajstić information content (AvgIpc) is 3.19. The van der Waals surface area contributed by atoms with E-state index in [1.807, 2.05) is 53.6 Å². The van der Waals surface area contributed by atoms with Gasteiger partial charge < -0.3 is 4.90 Å². The molecule has 1 heterocycles. The molecule has 0 unspecified atom stereocenters. The Kier molecular flexibility index (Phi) is 9.45. The molecule has 1 amide bonds. The van der Waals surface area contributed by atoms with Gasteiger partial charge in [0, 0.05) is 31.7 Å². The molecule has 3 aromatic rings. The second kappa shape index (κ2) is 12.3. The van der Waals surface area contributed by atoms with Crippen molar-refractivity contribution in [2.45, 2.75) is 44.7 Å². The van der Waals surface area contributed by atoms with Crippen LogP contribution in [-0.4, -0.2) is 44.4 Å². The number of unbranched alkanes of at least 4 members (excludes halogenated alkanes) is 1. The first-order chi connectivity index (χ1) is 15.5. The van der Waals surface area contributed by atoms with E-state index in [9.17, 15) is 4.79 Å². The fourth-order valence-corrected chi connectivity index (χ4v) is 4.71. The van der Waals surface area contributed by atoms with Crippen molar-refractivity contribution in [1.29, 1.82) is 0 Å². The van der Waals surface area contributed by atoms with Crippen LogP contribution in [0.3, 0.4) is 0 Å². The summed E-state index contributed by atoms with van der Waals surface area (Å²) >= 11 is 14.1. The smallest absolute Gasteiger partial charge is 0.222 e. The molecule has 2 aromatic carbocycles. The third-order valence-electron chi connectivity index (χ3n) is 5.20. The fourth-order valence-electron chi connectivity index (χ4n) is 3.45. The molecule has 1 aromatic heterocycles.